The maximum Gasteiger partial charge on any atom is 0.408 e. The van der Waals surface area contributed by atoms with Crippen LogP contribution in [0.1, 0.15) is 33.3 Å². The molecule has 0 radical (unpaired) electrons. The lowest BCUT2D eigenvalue weighted by Gasteiger charge is -2.23. The quantitative estimate of drug-likeness (QED) is 0.643. The lowest BCUT2D eigenvalue weighted by Crippen LogP contribution is -2.45. The van der Waals surface area contributed by atoms with Crippen molar-refractivity contribution in [1.82, 2.24) is 5.32 Å². The average molecular weight is 308 g/mol. The fourth-order valence-corrected chi connectivity index (χ4v) is 1.83. The third-order valence-electron chi connectivity index (χ3n) is 2.74. The van der Waals surface area contributed by atoms with Crippen molar-refractivity contribution in [1.29, 1.82) is 0 Å². The molecule has 22 heavy (non-hydrogen) atoms. The van der Waals surface area contributed by atoms with E-state index in [2.05, 4.69) is 5.32 Å². The minimum atomic E-state index is -0.848. The third-order valence-corrected chi connectivity index (χ3v) is 2.74. The topological polar surface area (TPSA) is 90.6 Å². The van der Waals surface area contributed by atoms with Gasteiger partial charge in [0.1, 0.15) is 11.6 Å². The monoisotopic (exact) mass is 308 g/mol. The molecule has 1 aromatic rings. The van der Waals surface area contributed by atoms with Crippen molar-refractivity contribution < 1.29 is 19.1 Å². The molecule has 122 valence electrons. The fraction of sp³-hybridized carbons (Fsp3) is 0.500. The Bertz CT molecular complexity index is 523. The number of carbonyl (C=O) groups excluding carboxylic acids is 2. The normalized spacial score (nSPS) is 12.4. The molecule has 0 unspecified atom stereocenters. The number of para-hydroxylation sites is 1. The molecule has 3 N–H and O–H groups in total. The molecule has 0 saturated heterocycles. The van der Waals surface area contributed by atoms with Crippen LogP contribution < -0.4 is 11.1 Å². The van der Waals surface area contributed by atoms with E-state index in [0.717, 1.165) is 5.56 Å². The highest BCUT2D eigenvalue weighted by molar-refractivity contribution is 5.82. The smallest absolute Gasteiger partial charge is 0.408 e. The molecule has 0 spiro atoms. The molecule has 0 aliphatic heterocycles. The van der Waals surface area contributed by atoms with Crippen molar-refractivity contribution in [3.05, 3.63) is 29.8 Å². The van der Waals surface area contributed by atoms with E-state index in [1.807, 2.05) is 6.07 Å². The van der Waals surface area contributed by atoms with Gasteiger partial charge in [-0.3, -0.25) is 0 Å². The fourth-order valence-electron chi connectivity index (χ4n) is 1.83. The van der Waals surface area contributed by atoms with Crippen molar-refractivity contribution in [3.63, 3.8) is 0 Å². The molecule has 0 fully saturated rings. The average Bonchev–Trinajstić information content (AvgIpc) is 2.38. The number of anilines is 1. The number of rotatable bonds is 5. The molecule has 0 aromatic heterocycles. The van der Waals surface area contributed by atoms with Gasteiger partial charge in [-0.1, -0.05) is 18.2 Å². The Morgan fingerprint density at radius 2 is 1.91 bits per heavy atom. The predicted molar refractivity (Wildman–Crippen MR) is 84.3 cm³/mol. The summed E-state index contributed by atoms with van der Waals surface area (Å²) in [4.78, 5) is 23.9. The van der Waals surface area contributed by atoms with Gasteiger partial charge in [-0.2, -0.15) is 0 Å². The van der Waals surface area contributed by atoms with E-state index in [0.29, 0.717) is 5.69 Å². The summed E-state index contributed by atoms with van der Waals surface area (Å²) in [6.45, 7) is 7.19. The number of hydrogen-bond donors (Lipinski definition) is 2. The molecular weight excluding hydrogens is 284 g/mol. The standard InChI is InChI=1S/C16H24N2O4/c1-5-21-14(19)13(18-15(20)22-16(2,3)4)10-11-8-6-7-9-12(11)17/h6-9,13H,5,10,17H2,1-4H3,(H,18,20)/t13-/m0/s1. The van der Waals surface area contributed by atoms with Crippen molar-refractivity contribution >= 4 is 17.7 Å². The highest BCUT2D eigenvalue weighted by Crippen LogP contribution is 2.14. The molecule has 1 aromatic carbocycles. The van der Waals surface area contributed by atoms with Gasteiger partial charge in [0.15, 0.2) is 0 Å². The van der Waals surface area contributed by atoms with Crippen LogP contribution in [-0.4, -0.2) is 30.3 Å². The summed E-state index contributed by atoms with van der Waals surface area (Å²) >= 11 is 0. The summed E-state index contributed by atoms with van der Waals surface area (Å²) in [5, 5.41) is 2.54. The van der Waals surface area contributed by atoms with E-state index in [1.165, 1.54) is 0 Å². The van der Waals surface area contributed by atoms with Crippen LogP contribution in [-0.2, 0) is 20.7 Å². The number of nitrogens with one attached hydrogen (secondary N) is 1. The Kier molecular flexibility index (Phi) is 6.22. The van der Waals surface area contributed by atoms with E-state index in [9.17, 15) is 9.59 Å². The molecule has 6 nitrogen and oxygen atoms in total. The van der Waals surface area contributed by atoms with Gasteiger partial charge in [-0.15, -0.1) is 0 Å². The lowest BCUT2D eigenvalue weighted by atomic mass is 10.0. The Hall–Kier alpha value is -2.24. The highest BCUT2D eigenvalue weighted by Gasteiger charge is 2.26. The lowest BCUT2D eigenvalue weighted by molar-refractivity contribution is -0.145. The molecule has 0 aliphatic rings. The van der Waals surface area contributed by atoms with Crippen molar-refractivity contribution in [2.24, 2.45) is 0 Å². The zero-order valence-electron chi connectivity index (χ0n) is 13.5. The SMILES string of the molecule is CCOC(=O)[C@H](Cc1ccccc1N)NC(=O)OC(C)(C)C. The van der Waals surface area contributed by atoms with E-state index in [1.54, 1.807) is 45.9 Å². The Balaban J connectivity index is 2.83. The van der Waals surface area contributed by atoms with Gasteiger partial charge in [0, 0.05) is 12.1 Å². The highest BCUT2D eigenvalue weighted by atomic mass is 16.6. The van der Waals surface area contributed by atoms with Crippen LogP contribution in [0.4, 0.5) is 10.5 Å². The van der Waals surface area contributed by atoms with Crippen molar-refractivity contribution in [2.75, 3.05) is 12.3 Å². The van der Waals surface area contributed by atoms with E-state index in [-0.39, 0.29) is 13.0 Å². The summed E-state index contributed by atoms with van der Waals surface area (Å²) in [7, 11) is 0. The largest absolute Gasteiger partial charge is 0.464 e. The summed E-state index contributed by atoms with van der Waals surface area (Å²) in [5.74, 6) is -0.517. The summed E-state index contributed by atoms with van der Waals surface area (Å²) in [5.41, 5.74) is 6.55. The molecule has 0 bridgehead atoms. The zero-order valence-corrected chi connectivity index (χ0v) is 13.5. The first kappa shape index (κ1) is 17.8. The number of nitrogens with two attached hydrogens (primary N) is 1. The maximum absolute atomic E-state index is 12.0. The van der Waals surface area contributed by atoms with E-state index >= 15 is 0 Å². The van der Waals surface area contributed by atoms with Gasteiger partial charge < -0.3 is 20.5 Å². The van der Waals surface area contributed by atoms with Crippen LogP contribution in [0, 0.1) is 0 Å². The molecule has 0 aliphatic carbocycles. The summed E-state index contributed by atoms with van der Waals surface area (Å²) in [6.07, 6.45) is -0.426. The molecule has 6 heteroatoms. The van der Waals surface area contributed by atoms with Crippen LogP contribution in [0.2, 0.25) is 0 Å². The number of nitrogen functional groups attached to an aromatic ring is 1. The number of esters is 1. The van der Waals surface area contributed by atoms with Gasteiger partial charge in [0.2, 0.25) is 0 Å². The molecule has 1 atom stereocenters. The number of benzene rings is 1. The molecule has 1 rings (SSSR count). The predicted octanol–water partition coefficient (Wildman–Crippen LogP) is 2.27. The van der Waals surface area contributed by atoms with Gasteiger partial charge in [-0.25, -0.2) is 9.59 Å². The van der Waals surface area contributed by atoms with Crippen LogP contribution in [0.25, 0.3) is 0 Å². The van der Waals surface area contributed by atoms with Crippen LogP contribution >= 0.6 is 0 Å². The van der Waals surface area contributed by atoms with Gasteiger partial charge in [0.05, 0.1) is 6.61 Å². The second-order valence-corrected chi connectivity index (χ2v) is 5.85. The third kappa shape index (κ3) is 6.03. The Morgan fingerprint density at radius 3 is 2.45 bits per heavy atom. The number of ether oxygens (including phenoxy) is 2. The minimum Gasteiger partial charge on any atom is -0.464 e. The minimum absolute atomic E-state index is 0.232. The molecule has 1 amide bonds. The molecule has 0 heterocycles. The molecular formula is C16H24N2O4. The van der Waals surface area contributed by atoms with Gasteiger partial charge in [-0.05, 0) is 39.3 Å². The van der Waals surface area contributed by atoms with Crippen molar-refractivity contribution in [2.45, 2.75) is 45.8 Å². The van der Waals surface area contributed by atoms with Crippen molar-refractivity contribution in [3.8, 4) is 0 Å². The van der Waals surface area contributed by atoms with Gasteiger partial charge in [0.25, 0.3) is 0 Å². The number of hydrogen-bond acceptors (Lipinski definition) is 5. The summed E-state index contributed by atoms with van der Waals surface area (Å²) in [6, 6.07) is 6.32. The van der Waals surface area contributed by atoms with Crippen LogP contribution in [0.15, 0.2) is 24.3 Å². The Labute approximate surface area is 131 Å². The number of carbonyl (C=O) groups is 2. The Morgan fingerprint density at radius 1 is 1.27 bits per heavy atom. The zero-order chi connectivity index (χ0) is 16.8. The van der Waals surface area contributed by atoms with E-state index < -0.39 is 23.7 Å². The number of amides is 1. The molecule has 0 saturated carbocycles. The second-order valence-electron chi connectivity index (χ2n) is 5.85. The van der Waals surface area contributed by atoms with Crippen LogP contribution in [0.5, 0.6) is 0 Å². The van der Waals surface area contributed by atoms with Crippen LogP contribution in [0.3, 0.4) is 0 Å². The maximum atomic E-state index is 12.0. The number of alkyl carbamates (subject to hydrolysis) is 1. The first-order valence-electron chi connectivity index (χ1n) is 7.22. The first-order chi connectivity index (χ1) is 10.2. The van der Waals surface area contributed by atoms with E-state index in [4.69, 9.17) is 15.2 Å². The second kappa shape index (κ2) is 7.68. The van der Waals surface area contributed by atoms with Gasteiger partial charge >= 0.3 is 12.1 Å². The summed E-state index contributed by atoms with van der Waals surface area (Å²) < 4.78 is 10.2. The first-order valence-corrected chi connectivity index (χ1v) is 7.22.